The number of aromatic nitrogens is 1. The SMILES string of the molecule is Cc1ccsc1CN(C)C(=O)C1(Oc2cccnc2C)CCNCC1. The largest absolute Gasteiger partial charge is 0.475 e. The first-order chi connectivity index (χ1) is 12.0. The Bertz CT molecular complexity index is 738. The van der Waals surface area contributed by atoms with Crippen molar-refractivity contribution in [2.24, 2.45) is 0 Å². The van der Waals surface area contributed by atoms with Crippen LogP contribution in [0.1, 0.15) is 29.0 Å². The van der Waals surface area contributed by atoms with E-state index in [1.165, 1.54) is 10.4 Å². The fourth-order valence-corrected chi connectivity index (χ4v) is 4.14. The van der Waals surface area contributed by atoms with Crippen LogP contribution in [0.2, 0.25) is 0 Å². The molecule has 2 aromatic heterocycles. The van der Waals surface area contributed by atoms with Crippen molar-refractivity contribution in [2.45, 2.75) is 38.8 Å². The van der Waals surface area contributed by atoms with E-state index in [1.54, 1.807) is 22.4 Å². The Labute approximate surface area is 153 Å². The zero-order valence-electron chi connectivity index (χ0n) is 15.0. The molecule has 6 heteroatoms. The van der Waals surface area contributed by atoms with Gasteiger partial charge in [-0.05, 0) is 56.1 Å². The standard InChI is InChI=1S/C19H25N3O2S/c1-14-6-12-25-17(14)13-22(3)18(23)19(7-10-20-11-8-19)24-16-5-4-9-21-15(16)2/h4-6,9,12,20H,7-8,10-11,13H2,1-3H3. The number of ether oxygens (including phenoxy) is 1. The summed E-state index contributed by atoms with van der Waals surface area (Å²) in [7, 11) is 1.87. The molecule has 0 atom stereocenters. The summed E-state index contributed by atoms with van der Waals surface area (Å²) < 4.78 is 6.32. The van der Waals surface area contributed by atoms with E-state index in [0.29, 0.717) is 25.1 Å². The fraction of sp³-hybridized carbons (Fsp3) is 0.474. The average molecular weight is 359 g/mol. The smallest absolute Gasteiger partial charge is 0.266 e. The third kappa shape index (κ3) is 3.85. The number of aryl methyl sites for hydroxylation is 2. The van der Waals surface area contributed by atoms with Crippen molar-refractivity contribution in [3.8, 4) is 5.75 Å². The van der Waals surface area contributed by atoms with E-state index in [-0.39, 0.29) is 5.91 Å². The number of hydrogen-bond donors (Lipinski definition) is 1. The Morgan fingerprint density at radius 2 is 2.12 bits per heavy atom. The Kier molecular flexibility index (Phi) is 5.39. The number of thiophene rings is 1. The number of carbonyl (C=O) groups is 1. The second-order valence-electron chi connectivity index (χ2n) is 6.62. The lowest BCUT2D eigenvalue weighted by Gasteiger charge is -2.39. The summed E-state index contributed by atoms with van der Waals surface area (Å²) >= 11 is 1.69. The molecule has 3 rings (SSSR count). The Hall–Kier alpha value is -1.92. The van der Waals surface area contributed by atoms with Crippen molar-refractivity contribution in [1.29, 1.82) is 0 Å². The summed E-state index contributed by atoms with van der Waals surface area (Å²) in [4.78, 5) is 20.6. The van der Waals surface area contributed by atoms with E-state index in [4.69, 9.17) is 4.74 Å². The molecule has 5 nitrogen and oxygen atoms in total. The molecule has 2 aromatic rings. The molecule has 1 saturated heterocycles. The van der Waals surface area contributed by atoms with Crippen LogP contribution < -0.4 is 10.1 Å². The van der Waals surface area contributed by atoms with Crippen LogP contribution >= 0.6 is 11.3 Å². The third-order valence-electron chi connectivity index (χ3n) is 4.76. The first-order valence-electron chi connectivity index (χ1n) is 8.62. The molecule has 134 valence electrons. The monoisotopic (exact) mass is 359 g/mol. The summed E-state index contributed by atoms with van der Waals surface area (Å²) in [6, 6.07) is 5.83. The third-order valence-corrected chi connectivity index (χ3v) is 5.77. The first kappa shape index (κ1) is 17.9. The molecule has 1 N–H and O–H groups in total. The van der Waals surface area contributed by atoms with Crippen LogP contribution in [0.25, 0.3) is 0 Å². The number of nitrogens with one attached hydrogen (secondary N) is 1. The van der Waals surface area contributed by atoms with Gasteiger partial charge in [0.1, 0.15) is 5.75 Å². The minimum atomic E-state index is -0.820. The van der Waals surface area contributed by atoms with Crippen LogP contribution in [0, 0.1) is 13.8 Å². The maximum absolute atomic E-state index is 13.3. The van der Waals surface area contributed by atoms with Crippen molar-refractivity contribution >= 4 is 17.2 Å². The lowest BCUT2D eigenvalue weighted by molar-refractivity contribution is -0.150. The van der Waals surface area contributed by atoms with Gasteiger partial charge in [-0.25, -0.2) is 0 Å². The van der Waals surface area contributed by atoms with Gasteiger partial charge in [-0.2, -0.15) is 0 Å². The highest BCUT2D eigenvalue weighted by atomic mass is 32.1. The van der Waals surface area contributed by atoms with Crippen molar-refractivity contribution < 1.29 is 9.53 Å². The van der Waals surface area contributed by atoms with Gasteiger partial charge in [0.25, 0.3) is 5.91 Å². The molecular weight excluding hydrogens is 334 g/mol. The van der Waals surface area contributed by atoms with Crippen LogP contribution in [0.3, 0.4) is 0 Å². The predicted molar refractivity (Wildman–Crippen MR) is 100.0 cm³/mol. The van der Waals surface area contributed by atoms with Crippen molar-refractivity contribution in [3.05, 3.63) is 45.9 Å². The van der Waals surface area contributed by atoms with Gasteiger partial charge in [0.15, 0.2) is 5.60 Å². The predicted octanol–water partition coefficient (Wildman–Crippen LogP) is 2.92. The maximum Gasteiger partial charge on any atom is 0.266 e. The van der Waals surface area contributed by atoms with E-state index in [0.717, 1.165) is 18.8 Å². The van der Waals surface area contributed by atoms with Crippen molar-refractivity contribution in [2.75, 3.05) is 20.1 Å². The zero-order chi connectivity index (χ0) is 17.9. The molecule has 1 fully saturated rings. The lowest BCUT2D eigenvalue weighted by Crippen LogP contribution is -2.56. The highest BCUT2D eigenvalue weighted by Gasteiger charge is 2.44. The summed E-state index contributed by atoms with van der Waals surface area (Å²) in [5, 5.41) is 5.39. The van der Waals surface area contributed by atoms with Gasteiger partial charge in [-0.1, -0.05) is 0 Å². The first-order valence-corrected chi connectivity index (χ1v) is 9.50. The van der Waals surface area contributed by atoms with Crippen molar-refractivity contribution in [3.63, 3.8) is 0 Å². The quantitative estimate of drug-likeness (QED) is 0.892. The molecule has 0 aromatic carbocycles. The van der Waals surface area contributed by atoms with Crippen LogP contribution in [-0.4, -0.2) is 41.5 Å². The second-order valence-corrected chi connectivity index (χ2v) is 7.62. The van der Waals surface area contributed by atoms with E-state index in [2.05, 4.69) is 28.7 Å². The highest BCUT2D eigenvalue weighted by molar-refractivity contribution is 7.10. The molecule has 0 spiro atoms. The molecule has 25 heavy (non-hydrogen) atoms. The molecule has 1 amide bonds. The van der Waals surface area contributed by atoms with Gasteiger partial charge in [-0.15, -0.1) is 11.3 Å². The number of rotatable bonds is 5. The summed E-state index contributed by atoms with van der Waals surface area (Å²) in [6.45, 7) is 6.16. The van der Waals surface area contributed by atoms with E-state index in [9.17, 15) is 4.79 Å². The topological polar surface area (TPSA) is 54.5 Å². The maximum atomic E-state index is 13.3. The normalized spacial score (nSPS) is 16.4. The van der Waals surface area contributed by atoms with E-state index >= 15 is 0 Å². The zero-order valence-corrected chi connectivity index (χ0v) is 15.9. The fourth-order valence-electron chi connectivity index (χ4n) is 3.18. The van der Waals surface area contributed by atoms with Crippen LogP contribution in [0.4, 0.5) is 0 Å². The molecule has 0 unspecified atom stereocenters. The van der Waals surface area contributed by atoms with E-state index < -0.39 is 5.60 Å². The number of piperidine rings is 1. The number of amides is 1. The molecule has 1 aliphatic rings. The van der Waals surface area contributed by atoms with E-state index in [1.807, 2.05) is 26.1 Å². The average Bonchev–Trinajstić information content (AvgIpc) is 3.02. The van der Waals surface area contributed by atoms with Crippen LogP contribution in [-0.2, 0) is 11.3 Å². The van der Waals surface area contributed by atoms with Gasteiger partial charge >= 0.3 is 0 Å². The number of nitrogens with zero attached hydrogens (tertiary/aromatic N) is 2. The number of likely N-dealkylation sites (N-methyl/N-ethyl adjacent to an activating group) is 1. The van der Waals surface area contributed by atoms with Gasteiger partial charge in [0.05, 0.1) is 12.2 Å². The lowest BCUT2D eigenvalue weighted by atomic mass is 9.90. The molecule has 1 aliphatic heterocycles. The highest BCUT2D eigenvalue weighted by Crippen LogP contribution is 2.30. The van der Waals surface area contributed by atoms with Crippen LogP contribution in [0.15, 0.2) is 29.8 Å². The molecule has 0 aliphatic carbocycles. The van der Waals surface area contributed by atoms with Crippen LogP contribution in [0.5, 0.6) is 5.75 Å². The van der Waals surface area contributed by atoms with Gasteiger partial charge in [0, 0.05) is 31.0 Å². The summed E-state index contributed by atoms with van der Waals surface area (Å²) in [5.74, 6) is 0.739. The second kappa shape index (κ2) is 7.54. The molecule has 0 saturated carbocycles. The number of carbonyl (C=O) groups excluding carboxylic acids is 1. The van der Waals surface area contributed by atoms with Gasteiger partial charge in [0.2, 0.25) is 0 Å². The molecule has 3 heterocycles. The van der Waals surface area contributed by atoms with Gasteiger partial charge < -0.3 is 15.0 Å². The summed E-state index contributed by atoms with van der Waals surface area (Å²) in [5.41, 5.74) is 1.22. The molecular formula is C19H25N3O2S. The summed E-state index contributed by atoms with van der Waals surface area (Å²) in [6.07, 6.45) is 3.06. The Morgan fingerprint density at radius 3 is 2.76 bits per heavy atom. The minimum absolute atomic E-state index is 0.0463. The molecule has 0 bridgehead atoms. The number of hydrogen-bond acceptors (Lipinski definition) is 5. The van der Waals surface area contributed by atoms with Crippen molar-refractivity contribution in [1.82, 2.24) is 15.2 Å². The Morgan fingerprint density at radius 1 is 1.36 bits per heavy atom. The van der Waals surface area contributed by atoms with Gasteiger partial charge in [-0.3, -0.25) is 9.78 Å². The molecule has 0 radical (unpaired) electrons. The number of pyridine rings is 1. The Balaban J connectivity index is 1.83. The minimum Gasteiger partial charge on any atom is -0.475 e.